The fourth-order valence-corrected chi connectivity index (χ4v) is 1.57. The second-order valence-corrected chi connectivity index (χ2v) is 5.18. The highest BCUT2D eigenvalue weighted by atomic mass is 16.1. The second kappa shape index (κ2) is 3.91. The zero-order chi connectivity index (χ0) is 12.6. The lowest BCUT2D eigenvalue weighted by Crippen LogP contribution is -2.22. The monoisotopic (exact) mass is 232 g/mol. The van der Waals surface area contributed by atoms with Crippen LogP contribution in [0.1, 0.15) is 26.5 Å². The third-order valence-corrected chi connectivity index (χ3v) is 2.78. The number of fused-ring (bicyclic) bond motifs is 1. The number of carbonyl (C=O) groups is 1. The Bertz CT molecular complexity index is 565. The summed E-state index contributed by atoms with van der Waals surface area (Å²) in [7, 11) is 1.82. The number of Topliss-reactive ketones (excluding diaryl/α,β-unsaturated/α-hetero) is 1. The Labute approximate surface area is 99.9 Å². The van der Waals surface area contributed by atoms with Gasteiger partial charge in [-0.15, -0.1) is 0 Å². The van der Waals surface area contributed by atoms with Crippen LogP contribution in [0.3, 0.4) is 0 Å². The highest BCUT2D eigenvalue weighted by Gasteiger charge is 2.23. The number of ketones is 1. The van der Waals surface area contributed by atoms with Crippen molar-refractivity contribution in [2.75, 3.05) is 0 Å². The largest absolute Gasteiger partial charge is 0.299 e. The first-order valence-corrected chi connectivity index (χ1v) is 5.54. The van der Waals surface area contributed by atoms with E-state index in [2.05, 4.69) is 15.1 Å². The van der Waals surface area contributed by atoms with Gasteiger partial charge in [0.2, 0.25) is 0 Å². The fraction of sp³-hybridized carbons (Fsp3) is 0.500. The highest BCUT2D eigenvalue weighted by molar-refractivity contribution is 5.89. The topological polar surface area (TPSA) is 60.7 Å². The van der Waals surface area contributed by atoms with E-state index < -0.39 is 0 Å². The quantitative estimate of drug-likeness (QED) is 0.787. The molecule has 0 aliphatic heterocycles. The van der Waals surface area contributed by atoms with Crippen LogP contribution in [0.4, 0.5) is 0 Å². The van der Waals surface area contributed by atoms with Crippen LogP contribution in [-0.2, 0) is 18.3 Å². The third-order valence-electron chi connectivity index (χ3n) is 2.78. The minimum atomic E-state index is -0.348. The predicted molar refractivity (Wildman–Crippen MR) is 64.5 cm³/mol. The molecule has 0 saturated heterocycles. The molecule has 2 rings (SSSR count). The fourth-order valence-electron chi connectivity index (χ4n) is 1.57. The van der Waals surface area contributed by atoms with Crippen molar-refractivity contribution in [1.82, 2.24) is 19.7 Å². The maximum absolute atomic E-state index is 12.0. The highest BCUT2D eigenvalue weighted by Crippen LogP contribution is 2.20. The lowest BCUT2D eigenvalue weighted by atomic mass is 9.88. The van der Waals surface area contributed by atoms with E-state index in [1.807, 2.05) is 27.8 Å². The molecule has 2 heterocycles. The molecule has 0 atom stereocenters. The minimum absolute atomic E-state index is 0.168. The van der Waals surface area contributed by atoms with E-state index in [0.717, 1.165) is 16.7 Å². The van der Waals surface area contributed by atoms with Gasteiger partial charge in [0.25, 0.3) is 0 Å². The maximum Gasteiger partial charge on any atom is 0.161 e. The van der Waals surface area contributed by atoms with Gasteiger partial charge in [-0.1, -0.05) is 20.8 Å². The molecule has 0 aliphatic carbocycles. The average Bonchev–Trinajstić information content (AvgIpc) is 2.60. The van der Waals surface area contributed by atoms with Gasteiger partial charge in [-0.05, 0) is 0 Å². The van der Waals surface area contributed by atoms with Crippen molar-refractivity contribution in [3.63, 3.8) is 0 Å². The molecular formula is C12H16N4O. The molecule has 2 aromatic heterocycles. The van der Waals surface area contributed by atoms with Crippen LogP contribution in [0.15, 0.2) is 12.5 Å². The molecule has 0 aliphatic rings. The van der Waals surface area contributed by atoms with Gasteiger partial charge in [0.05, 0.1) is 23.7 Å². The molecule has 5 heteroatoms. The molecule has 2 aromatic rings. The van der Waals surface area contributed by atoms with Gasteiger partial charge >= 0.3 is 0 Å². The van der Waals surface area contributed by atoms with Crippen LogP contribution in [0.5, 0.6) is 0 Å². The number of aromatic nitrogens is 4. The molecule has 0 bridgehead atoms. The smallest absolute Gasteiger partial charge is 0.161 e. The molecule has 0 amide bonds. The Morgan fingerprint density at radius 1 is 1.35 bits per heavy atom. The lowest BCUT2D eigenvalue weighted by molar-refractivity contribution is -0.125. The minimum Gasteiger partial charge on any atom is -0.299 e. The average molecular weight is 232 g/mol. The Balaban J connectivity index is 2.40. The van der Waals surface area contributed by atoms with Gasteiger partial charge in [-0.3, -0.25) is 9.48 Å². The number of aryl methyl sites for hydroxylation is 1. The molecule has 0 unspecified atom stereocenters. The number of carbonyl (C=O) groups excluding carboxylic acids is 1. The van der Waals surface area contributed by atoms with Crippen LogP contribution < -0.4 is 0 Å². The number of rotatable bonds is 2. The standard InChI is InChI=1S/C12H16N4O/c1-12(2,3)10(17)5-9-8-6-15-16(4)11(8)14-7-13-9/h6-7H,5H2,1-4H3. The van der Waals surface area contributed by atoms with Crippen LogP contribution in [0.25, 0.3) is 11.0 Å². The van der Waals surface area contributed by atoms with Gasteiger partial charge in [-0.25, -0.2) is 9.97 Å². The molecule has 0 saturated carbocycles. The van der Waals surface area contributed by atoms with Crippen LogP contribution >= 0.6 is 0 Å². The summed E-state index contributed by atoms with van der Waals surface area (Å²) in [5.41, 5.74) is 1.17. The van der Waals surface area contributed by atoms with E-state index in [-0.39, 0.29) is 11.2 Å². The predicted octanol–water partition coefficient (Wildman–Crippen LogP) is 1.52. The Morgan fingerprint density at radius 3 is 2.71 bits per heavy atom. The molecular weight excluding hydrogens is 216 g/mol. The van der Waals surface area contributed by atoms with E-state index in [9.17, 15) is 4.79 Å². The summed E-state index contributed by atoms with van der Waals surface area (Å²) in [6, 6.07) is 0. The summed E-state index contributed by atoms with van der Waals surface area (Å²) in [6.07, 6.45) is 3.52. The Morgan fingerprint density at radius 2 is 2.06 bits per heavy atom. The van der Waals surface area contributed by atoms with E-state index in [1.54, 1.807) is 10.9 Å². The van der Waals surface area contributed by atoms with E-state index in [4.69, 9.17) is 0 Å². The summed E-state index contributed by atoms with van der Waals surface area (Å²) in [6.45, 7) is 5.74. The molecule has 0 radical (unpaired) electrons. The van der Waals surface area contributed by atoms with Crippen LogP contribution in [-0.4, -0.2) is 25.5 Å². The summed E-state index contributed by atoms with van der Waals surface area (Å²) >= 11 is 0. The molecule has 0 aromatic carbocycles. The van der Waals surface area contributed by atoms with Crippen molar-refractivity contribution >= 4 is 16.8 Å². The first-order valence-electron chi connectivity index (χ1n) is 5.54. The summed E-state index contributed by atoms with van der Waals surface area (Å²) in [5.74, 6) is 0.168. The van der Waals surface area contributed by atoms with E-state index in [1.165, 1.54) is 6.33 Å². The summed E-state index contributed by atoms with van der Waals surface area (Å²) in [4.78, 5) is 20.3. The van der Waals surface area contributed by atoms with Crippen molar-refractivity contribution in [1.29, 1.82) is 0 Å². The Kier molecular flexibility index (Phi) is 2.69. The molecule has 0 spiro atoms. The van der Waals surface area contributed by atoms with Crippen molar-refractivity contribution in [3.05, 3.63) is 18.2 Å². The number of nitrogens with zero attached hydrogens (tertiary/aromatic N) is 4. The molecule has 17 heavy (non-hydrogen) atoms. The zero-order valence-electron chi connectivity index (χ0n) is 10.6. The maximum atomic E-state index is 12.0. The van der Waals surface area contributed by atoms with E-state index >= 15 is 0 Å². The lowest BCUT2D eigenvalue weighted by Gasteiger charge is -2.16. The Hall–Kier alpha value is -1.78. The van der Waals surface area contributed by atoms with Gasteiger partial charge in [0, 0.05) is 12.5 Å². The van der Waals surface area contributed by atoms with Crippen LogP contribution in [0.2, 0.25) is 0 Å². The van der Waals surface area contributed by atoms with Crippen molar-refractivity contribution in [3.8, 4) is 0 Å². The van der Waals surface area contributed by atoms with Gasteiger partial charge < -0.3 is 0 Å². The third kappa shape index (κ3) is 2.18. The molecule has 0 N–H and O–H groups in total. The molecule has 5 nitrogen and oxygen atoms in total. The van der Waals surface area contributed by atoms with Crippen molar-refractivity contribution in [2.24, 2.45) is 12.5 Å². The molecule has 90 valence electrons. The summed E-state index contributed by atoms with van der Waals surface area (Å²) < 4.78 is 1.68. The van der Waals surface area contributed by atoms with E-state index in [0.29, 0.717) is 6.42 Å². The normalized spacial score (nSPS) is 12.0. The first-order chi connectivity index (χ1) is 7.89. The second-order valence-electron chi connectivity index (χ2n) is 5.18. The SMILES string of the molecule is Cn1ncc2c(CC(=O)C(C)(C)C)ncnc21. The first kappa shape index (κ1) is 11.7. The van der Waals surface area contributed by atoms with Gasteiger partial charge in [0.15, 0.2) is 5.65 Å². The molecule has 0 fully saturated rings. The number of hydrogen-bond acceptors (Lipinski definition) is 4. The van der Waals surface area contributed by atoms with Crippen molar-refractivity contribution < 1.29 is 4.79 Å². The van der Waals surface area contributed by atoms with Gasteiger partial charge in [-0.2, -0.15) is 5.10 Å². The van der Waals surface area contributed by atoms with Crippen molar-refractivity contribution in [2.45, 2.75) is 27.2 Å². The summed E-state index contributed by atoms with van der Waals surface area (Å²) in [5, 5.41) is 4.98. The van der Waals surface area contributed by atoms with Gasteiger partial charge in [0.1, 0.15) is 12.1 Å². The van der Waals surface area contributed by atoms with Crippen LogP contribution in [0, 0.1) is 5.41 Å². The zero-order valence-corrected chi connectivity index (χ0v) is 10.6. The number of hydrogen-bond donors (Lipinski definition) is 0.